The van der Waals surface area contributed by atoms with E-state index in [-0.39, 0.29) is 28.8 Å². The smallest absolute Gasteiger partial charge is 0.407 e. The monoisotopic (exact) mass is 480 g/mol. The van der Waals surface area contributed by atoms with Gasteiger partial charge in [-0.15, -0.1) is 0 Å². The van der Waals surface area contributed by atoms with E-state index in [4.69, 9.17) is 27.9 Å². The van der Waals surface area contributed by atoms with E-state index in [1.807, 2.05) is 36.4 Å². The van der Waals surface area contributed by atoms with Crippen molar-refractivity contribution in [2.75, 3.05) is 6.61 Å². The second-order valence-corrected chi connectivity index (χ2v) is 8.72. The molecular formula is C26H19Cl2FN2O2. The highest BCUT2D eigenvalue weighted by atomic mass is 35.5. The van der Waals surface area contributed by atoms with Crippen molar-refractivity contribution < 1.29 is 13.9 Å². The van der Waals surface area contributed by atoms with E-state index < -0.39 is 18.0 Å². The quantitative estimate of drug-likeness (QED) is 0.312. The van der Waals surface area contributed by atoms with E-state index in [1.54, 1.807) is 25.1 Å². The average molecular weight is 481 g/mol. The highest BCUT2D eigenvalue weighted by molar-refractivity contribution is 6.41. The Morgan fingerprint density at radius 2 is 1.67 bits per heavy atom. The van der Waals surface area contributed by atoms with Crippen molar-refractivity contribution in [1.82, 2.24) is 10.3 Å². The summed E-state index contributed by atoms with van der Waals surface area (Å²) in [6, 6.07) is 20.3. The maximum atomic E-state index is 15.1. The summed E-state index contributed by atoms with van der Waals surface area (Å²) in [5.74, 6) is -0.645. The Labute approximate surface area is 200 Å². The molecule has 1 aliphatic carbocycles. The lowest BCUT2D eigenvalue weighted by molar-refractivity contribution is 0.139. The molecule has 1 aromatic heterocycles. The van der Waals surface area contributed by atoms with Crippen molar-refractivity contribution in [3.8, 4) is 11.1 Å². The van der Waals surface area contributed by atoms with Gasteiger partial charge in [0.1, 0.15) is 17.5 Å². The minimum atomic E-state index is -0.762. The highest BCUT2D eigenvalue weighted by Gasteiger charge is 2.29. The summed E-state index contributed by atoms with van der Waals surface area (Å²) in [4.78, 5) is 16.7. The Hall–Kier alpha value is -3.15. The molecule has 33 heavy (non-hydrogen) atoms. The first kappa shape index (κ1) is 21.7. The van der Waals surface area contributed by atoms with Crippen LogP contribution >= 0.6 is 23.2 Å². The Morgan fingerprint density at radius 3 is 2.33 bits per heavy atom. The molecular weight excluding hydrogens is 462 g/mol. The number of aromatic nitrogens is 1. The first-order chi connectivity index (χ1) is 16.0. The standard InChI is InChI=1S/C26H19Cl2FN2O2/c1-14(24-23(29)19-11-6-12-21(27)22(19)25(28)31-24)30-26(32)33-13-20-17-9-4-2-7-15(17)16-8-3-5-10-18(16)20/h2-12,14,20H,13H2,1H3,(H,30,32)/t14-/m0/s1. The summed E-state index contributed by atoms with van der Waals surface area (Å²) >= 11 is 12.4. The fraction of sp³-hybridized carbons (Fsp3) is 0.154. The molecule has 1 amide bonds. The third-order valence-corrected chi connectivity index (χ3v) is 6.58. The molecule has 0 bridgehead atoms. The maximum absolute atomic E-state index is 15.1. The molecule has 5 rings (SSSR count). The Balaban J connectivity index is 1.33. The molecule has 0 radical (unpaired) electrons. The highest BCUT2D eigenvalue weighted by Crippen LogP contribution is 2.44. The number of rotatable bonds is 4. The second kappa shape index (κ2) is 8.65. The van der Waals surface area contributed by atoms with Crippen molar-refractivity contribution in [2.24, 2.45) is 0 Å². The van der Waals surface area contributed by atoms with E-state index in [0.717, 1.165) is 22.3 Å². The summed E-state index contributed by atoms with van der Waals surface area (Å²) in [6.45, 7) is 1.79. The Bertz CT molecular complexity index is 1350. The molecule has 1 atom stereocenters. The lowest BCUT2D eigenvalue weighted by atomic mass is 9.98. The van der Waals surface area contributed by atoms with Crippen molar-refractivity contribution >= 4 is 40.1 Å². The second-order valence-electron chi connectivity index (χ2n) is 7.96. The third-order valence-electron chi connectivity index (χ3n) is 5.99. The lowest BCUT2D eigenvalue weighted by Crippen LogP contribution is -2.30. The molecule has 4 nitrogen and oxygen atoms in total. The number of nitrogens with zero attached hydrogens (tertiary/aromatic N) is 1. The summed E-state index contributed by atoms with van der Waals surface area (Å²) < 4.78 is 20.7. The average Bonchev–Trinajstić information content (AvgIpc) is 3.13. The van der Waals surface area contributed by atoms with Crippen molar-refractivity contribution in [3.05, 3.63) is 99.5 Å². The molecule has 3 aromatic carbocycles. The minimum absolute atomic E-state index is 0.0169. The lowest BCUT2D eigenvalue weighted by Gasteiger charge is -2.18. The SMILES string of the molecule is C[C@H](NC(=O)OCC1c2ccccc2-c2ccccc21)c1nc(Cl)c2c(Cl)cccc2c1F. The molecule has 1 aliphatic rings. The molecule has 1 N–H and O–H groups in total. The van der Waals surface area contributed by atoms with E-state index in [1.165, 1.54) is 0 Å². The van der Waals surface area contributed by atoms with Gasteiger partial charge in [-0.3, -0.25) is 0 Å². The van der Waals surface area contributed by atoms with Crippen LogP contribution in [-0.2, 0) is 4.74 Å². The van der Waals surface area contributed by atoms with Gasteiger partial charge in [0.15, 0.2) is 5.82 Å². The van der Waals surface area contributed by atoms with Crippen molar-refractivity contribution in [3.63, 3.8) is 0 Å². The van der Waals surface area contributed by atoms with Crippen LogP contribution in [0.4, 0.5) is 9.18 Å². The van der Waals surface area contributed by atoms with Crippen LogP contribution in [0.25, 0.3) is 21.9 Å². The number of nitrogens with one attached hydrogen (secondary N) is 1. The number of amides is 1. The summed E-state index contributed by atoms with van der Waals surface area (Å²) in [5.41, 5.74) is 4.54. The number of halogens is 3. The van der Waals surface area contributed by atoms with E-state index in [0.29, 0.717) is 10.4 Å². The van der Waals surface area contributed by atoms with Crippen LogP contribution in [0.3, 0.4) is 0 Å². The molecule has 4 aromatic rings. The predicted octanol–water partition coefficient (Wildman–Crippen LogP) is 7.28. The molecule has 0 saturated heterocycles. The molecule has 166 valence electrons. The number of alkyl carbamates (subject to hydrolysis) is 1. The molecule has 0 saturated carbocycles. The zero-order chi connectivity index (χ0) is 23.1. The first-order valence-corrected chi connectivity index (χ1v) is 11.3. The predicted molar refractivity (Wildman–Crippen MR) is 128 cm³/mol. The molecule has 0 aliphatic heterocycles. The number of hydrogen-bond donors (Lipinski definition) is 1. The van der Waals surface area contributed by atoms with Crippen molar-refractivity contribution in [2.45, 2.75) is 18.9 Å². The van der Waals surface area contributed by atoms with Gasteiger partial charge in [0.2, 0.25) is 0 Å². The van der Waals surface area contributed by atoms with Gasteiger partial charge in [-0.2, -0.15) is 0 Å². The van der Waals surface area contributed by atoms with Gasteiger partial charge >= 0.3 is 6.09 Å². The van der Waals surface area contributed by atoms with Crippen LogP contribution in [0.1, 0.15) is 35.7 Å². The van der Waals surface area contributed by atoms with Gasteiger partial charge in [-0.05, 0) is 35.2 Å². The molecule has 0 fully saturated rings. The Morgan fingerprint density at radius 1 is 1.03 bits per heavy atom. The van der Waals surface area contributed by atoms with Gasteiger partial charge in [0, 0.05) is 16.7 Å². The fourth-order valence-corrected chi connectivity index (χ4v) is 5.04. The minimum Gasteiger partial charge on any atom is -0.449 e. The van der Waals surface area contributed by atoms with Gasteiger partial charge < -0.3 is 10.1 Å². The van der Waals surface area contributed by atoms with E-state index >= 15 is 4.39 Å². The number of pyridine rings is 1. The normalized spacial score (nSPS) is 13.5. The summed E-state index contributed by atoms with van der Waals surface area (Å²) in [6.07, 6.45) is -0.659. The largest absolute Gasteiger partial charge is 0.449 e. The van der Waals surface area contributed by atoms with Crippen molar-refractivity contribution in [1.29, 1.82) is 0 Å². The van der Waals surface area contributed by atoms with Crippen LogP contribution in [0.5, 0.6) is 0 Å². The third kappa shape index (κ3) is 3.81. The molecule has 0 unspecified atom stereocenters. The van der Waals surface area contributed by atoms with Crippen LogP contribution in [0, 0.1) is 5.82 Å². The molecule has 0 spiro atoms. The number of benzene rings is 3. The van der Waals surface area contributed by atoms with Gasteiger partial charge in [0.05, 0.1) is 11.1 Å². The maximum Gasteiger partial charge on any atom is 0.407 e. The van der Waals surface area contributed by atoms with Crippen LogP contribution in [0.15, 0.2) is 66.7 Å². The zero-order valence-electron chi connectivity index (χ0n) is 17.6. The zero-order valence-corrected chi connectivity index (χ0v) is 19.1. The number of ether oxygens (including phenoxy) is 1. The van der Waals surface area contributed by atoms with E-state index in [2.05, 4.69) is 22.4 Å². The fourth-order valence-electron chi connectivity index (χ4n) is 4.44. The topological polar surface area (TPSA) is 51.2 Å². The van der Waals surface area contributed by atoms with Crippen LogP contribution in [0.2, 0.25) is 10.2 Å². The van der Waals surface area contributed by atoms with Gasteiger partial charge in [-0.1, -0.05) is 83.9 Å². The van der Waals surface area contributed by atoms with E-state index in [9.17, 15) is 4.79 Å². The van der Waals surface area contributed by atoms with Gasteiger partial charge in [-0.25, -0.2) is 14.2 Å². The number of fused-ring (bicyclic) bond motifs is 4. The molecule has 7 heteroatoms. The first-order valence-electron chi connectivity index (χ1n) is 10.5. The number of carbonyl (C=O) groups excluding carboxylic acids is 1. The summed E-state index contributed by atoms with van der Waals surface area (Å²) in [5, 5.41) is 3.64. The number of hydrogen-bond acceptors (Lipinski definition) is 3. The van der Waals surface area contributed by atoms with Crippen LogP contribution in [-0.4, -0.2) is 17.7 Å². The molecule has 1 heterocycles. The number of carbonyl (C=O) groups is 1. The summed E-state index contributed by atoms with van der Waals surface area (Å²) in [7, 11) is 0. The Kier molecular flexibility index (Phi) is 5.69. The van der Waals surface area contributed by atoms with Gasteiger partial charge in [0.25, 0.3) is 0 Å². The van der Waals surface area contributed by atoms with Crippen LogP contribution < -0.4 is 5.32 Å².